The van der Waals surface area contributed by atoms with Gasteiger partial charge in [0.2, 0.25) is 11.8 Å². The summed E-state index contributed by atoms with van der Waals surface area (Å²) in [6.45, 7) is 13.1. The van der Waals surface area contributed by atoms with Gasteiger partial charge in [0.05, 0.1) is 54.2 Å². The molecular formula is C37H46F2N12O4. The van der Waals surface area contributed by atoms with E-state index < -0.39 is 23.3 Å². The highest BCUT2D eigenvalue weighted by molar-refractivity contribution is 5.73. The van der Waals surface area contributed by atoms with Crippen LogP contribution in [0.15, 0.2) is 61.4 Å². The Morgan fingerprint density at radius 2 is 1.24 bits per heavy atom. The van der Waals surface area contributed by atoms with Gasteiger partial charge in [-0.15, -0.1) is 0 Å². The van der Waals surface area contributed by atoms with Crippen LogP contribution in [-0.4, -0.2) is 76.9 Å². The number of anilines is 2. The molecule has 6 aromatic heterocycles. The normalized spacial score (nSPS) is 13.6. The number of pyridine rings is 4. The number of halogens is 2. The van der Waals surface area contributed by atoms with E-state index in [1.165, 1.54) is 12.1 Å². The van der Waals surface area contributed by atoms with Gasteiger partial charge in [-0.05, 0) is 84.9 Å². The van der Waals surface area contributed by atoms with E-state index in [0.717, 1.165) is 23.4 Å². The molecule has 16 nitrogen and oxygen atoms in total. The van der Waals surface area contributed by atoms with Crippen LogP contribution >= 0.6 is 0 Å². The van der Waals surface area contributed by atoms with Crippen molar-refractivity contribution in [2.24, 2.45) is 5.73 Å². The van der Waals surface area contributed by atoms with Gasteiger partial charge < -0.3 is 45.9 Å². The number of nitrogens with one attached hydrogen (secondary N) is 5. The summed E-state index contributed by atoms with van der Waals surface area (Å²) in [5.41, 5.74) is 9.08. The third kappa shape index (κ3) is 11.7. The monoisotopic (exact) mass is 760 g/mol. The molecule has 0 bridgehead atoms. The summed E-state index contributed by atoms with van der Waals surface area (Å²) in [6.07, 6.45) is 4.83. The number of imidazole rings is 2. The molecule has 18 heteroatoms. The minimum absolute atomic E-state index is 0.134. The summed E-state index contributed by atoms with van der Waals surface area (Å²) < 4.78 is 44.1. The van der Waals surface area contributed by atoms with Crippen molar-refractivity contribution in [2.45, 2.75) is 78.2 Å². The molecule has 0 saturated carbocycles. The van der Waals surface area contributed by atoms with E-state index in [9.17, 15) is 13.6 Å². The first-order valence-electron chi connectivity index (χ1n) is 17.6. The predicted molar refractivity (Wildman–Crippen MR) is 204 cm³/mol. The van der Waals surface area contributed by atoms with Gasteiger partial charge in [0.15, 0.2) is 11.3 Å². The maximum Gasteiger partial charge on any atom is 0.407 e. The van der Waals surface area contributed by atoms with Gasteiger partial charge in [0.25, 0.3) is 0 Å². The molecule has 0 aliphatic rings. The van der Waals surface area contributed by atoms with Gasteiger partial charge in [-0.2, -0.15) is 0 Å². The highest BCUT2D eigenvalue weighted by atomic mass is 19.1. The summed E-state index contributed by atoms with van der Waals surface area (Å²) >= 11 is 0. The zero-order valence-corrected chi connectivity index (χ0v) is 31.6. The minimum atomic E-state index is -0.593. The smallest absolute Gasteiger partial charge is 0.407 e. The van der Waals surface area contributed by atoms with Crippen molar-refractivity contribution < 1.29 is 27.8 Å². The average Bonchev–Trinajstić information content (AvgIpc) is 3.79. The zero-order chi connectivity index (χ0) is 39.7. The molecule has 0 aromatic carbocycles. The lowest BCUT2D eigenvalue weighted by Crippen LogP contribution is -2.40. The number of carbonyl (C=O) groups is 1. The Morgan fingerprint density at radius 3 is 1.69 bits per heavy atom. The van der Waals surface area contributed by atoms with Crippen LogP contribution in [0.25, 0.3) is 22.3 Å². The number of nitrogens with zero attached hydrogens (tertiary/aromatic N) is 6. The van der Waals surface area contributed by atoms with Gasteiger partial charge in [0, 0.05) is 17.2 Å². The minimum Gasteiger partial charge on any atom is -0.476 e. The number of H-pyrrole nitrogens is 2. The number of nitrogens with two attached hydrogens (primary N) is 1. The number of carbonyl (C=O) groups excluding carboxylic acids is 1. The fourth-order valence-electron chi connectivity index (χ4n) is 5.12. The number of fused-ring (bicyclic) bond motifs is 2. The average molecular weight is 761 g/mol. The molecule has 7 N–H and O–H groups in total. The van der Waals surface area contributed by atoms with E-state index in [-0.39, 0.29) is 36.7 Å². The van der Waals surface area contributed by atoms with Gasteiger partial charge in [-0.1, -0.05) is 0 Å². The summed E-state index contributed by atoms with van der Waals surface area (Å²) in [6, 6.07) is 9.02. The molecule has 0 saturated heterocycles. The van der Waals surface area contributed by atoms with Gasteiger partial charge in [-0.25, -0.2) is 43.5 Å². The van der Waals surface area contributed by atoms with Crippen LogP contribution in [0, 0.1) is 11.6 Å². The highest BCUT2D eigenvalue weighted by Gasteiger charge is 2.20. The Labute approximate surface area is 316 Å². The first-order chi connectivity index (χ1) is 26.1. The first kappa shape index (κ1) is 40.0. The molecule has 0 radical (unpaired) electrons. The van der Waals surface area contributed by atoms with Crippen molar-refractivity contribution in [2.75, 3.05) is 23.8 Å². The van der Waals surface area contributed by atoms with Crippen molar-refractivity contribution in [1.29, 1.82) is 0 Å². The van der Waals surface area contributed by atoms with Gasteiger partial charge in [-0.3, -0.25) is 0 Å². The molecular weight excluding hydrogens is 714 g/mol. The largest absolute Gasteiger partial charge is 0.476 e. The van der Waals surface area contributed by atoms with Crippen molar-refractivity contribution in [3.63, 3.8) is 0 Å². The maximum atomic E-state index is 13.9. The van der Waals surface area contributed by atoms with E-state index >= 15 is 0 Å². The Bertz CT molecular complexity index is 2190. The summed E-state index contributed by atoms with van der Waals surface area (Å²) in [4.78, 5) is 43.0. The Balaban J connectivity index is 0.000000218. The van der Waals surface area contributed by atoms with Crippen molar-refractivity contribution in [3.8, 4) is 11.8 Å². The van der Waals surface area contributed by atoms with E-state index in [1.54, 1.807) is 46.4 Å². The molecule has 292 valence electrons. The van der Waals surface area contributed by atoms with Crippen LogP contribution in [-0.2, 0) is 4.74 Å². The highest BCUT2D eigenvalue weighted by Crippen LogP contribution is 2.28. The number of aromatic nitrogens is 8. The van der Waals surface area contributed by atoms with Crippen LogP contribution < -0.4 is 31.2 Å². The summed E-state index contributed by atoms with van der Waals surface area (Å²) in [5.74, 6) is 0.926. The second kappa shape index (κ2) is 17.8. The van der Waals surface area contributed by atoms with E-state index in [2.05, 4.69) is 55.8 Å². The van der Waals surface area contributed by atoms with Gasteiger partial charge >= 0.3 is 6.09 Å². The van der Waals surface area contributed by atoms with Crippen LogP contribution in [0.2, 0.25) is 0 Å². The molecule has 6 heterocycles. The van der Waals surface area contributed by atoms with Crippen molar-refractivity contribution >= 4 is 40.1 Å². The van der Waals surface area contributed by atoms with Crippen LogP contribution in [0.5, 0.6) is 11.8 Å². The third-order valence-corrected chi connectivity index (χ3v) is 7.63. The second-order valence-corrected chi connectivity index (χ2v) is 13.9. The number of ether oxygens (including phenoxy) is 3. The third-order valence-electron chi connectivity index (χ3n) is 7.63. The zero-order valence-electron chi connectivity index (χ0n) is 31.6. The van der Waals surface area contributed by atoms with E-state index in [4.69, 9.17) is 19.9 Å². The van der Waals surface area contributed by atoms with Gasteiger partial charge in [0.1, 0.15) is 42.1 Å². The number of aromatic amines is 2. The SMILES string of the molecule is CC(Nc1ccc2[nH]cnc2n1)c1cc(F)cnc1OC[C@H](C)N.CC(Nc1ccc2[nH]cnc2n1)c1cc(F)cnc1OC[C@H](C)NC(=O)OC(C)(C)C. The van der Waals surface area contributed by atoms with E-state index in [1.807, 2.05) is 39.0 Å². The summed E-state index contributed by atoms with van der Waals surface area (Å²) in [5, 5.41) is 9.12. The molecule has 2 unspecified atom stereocenters. The topological polar surface area (TPSA) is 216 Å². The standard InChI is InChI=1S/C21H27FN6O3.C16H19FN6O/c1-12(26-20(29)31-21(3,4)5)10-30-19-15(8-14(22)9-23-19)13(2)27-17-7-6-16-18(28-17)25-11-24-16;1-9(18)7-24-16-12(5-11(17)6-19-16)10(2)22-14-4-3-13-15(23-14)21-8-20-13/h6-9,11-13H,10H2,1-5H3,(H,26,29)(H2,24,25,27,28);3-6,8-10H,7,18H2,1-2H3,(H2,20,21,22,23)/t12-,13?;9-,10?/m00/s1. The molecule has 4 atom stereocenters. The summed E-state index contributed by atoms with van der Waals surface area (Å²) in [7, 11) is 0. The predicted octanol–water partition coefficient (Wildman–Crippen LogP) is 6.35. The quantitative estimate of drug-likeness (QED) is 0.0758. The van der Waals surface area contributed by atoms with Crippen LogP contribution in [0.3, 0.4) is 0 Å². The molecule has 0 aliphatic carbocycles. The fourth-order valence-corrected chi connectivity index (χ4v) is 5.12. The number of hydrogen-bond acceptors (Lipinski definition) is 13. The first-order valence-corrected chi connectivity index (χ1v) is 17.6. The number of amides is 1. The molecule has 6 aromatic rings. The second-order valence-electron chi connectivity index (χ2n) is 13.9. The van der Waals surface area contributed by atoms with Crippen molar-refractivity contribution in [3.05, 3.63) is 84.2 Å². The molecule has 55 heavy (non-hydrogen) atoms. The molecule has 0 fully saturated rings. The van der Waals surface area contributed by atoms with Crippen molar-refractivity contribution in [1.82, 2.24) is 45.2 Å². The molecule has 0 spiro atoms. The fraction of sp³-hybridized carbons (Fsp3) is 0.378. The Hall–Kier alpha value is -6.17. The Kier molecular flexibility index (Phi) is 12.9. The molecule has 6 rings (SSSR count). The number of hydrogen-bond donors (Lipinski definition) is 6. The lowest BCUT2D eigenvalue weighted by Gasteiger charge is -2.22. The van der Waals surface area contributed by atoms with Crippen LogP contribution in [0.1, 0.15) is 71.7 Å². The lowest BCUT2D eigenvalue weighted by molar-refractivity contribution is 0.0493. The molecule has 0 aliphatic heterocycles. The maximum absolute atomic E-state index is 13.9. The number of alkyl carbamates (subject to hydrolysis) is 1. The Morgan fingerprint density at radius 1 is 0.764 bits per heavy atom. The number of rotatable bonds is 13. The lowest BCUT2D eigenvalue weighted by atomic mass is 10.1. The molecule has 1 amide bonds. The van der Waals surface area contributed by atoms with Crippen LogP contribution in [0.4, 0.5) is 25.2 Å². The van der Waals surface area contributed by atoms with E-state index in [0.29, 0.717) is 46.5 Å².